The number of halogens is 6. The highest BCUT2D eigenvalue weighted by Gasteiger charge is 2.72. The lowest BCUT2D eigenvalue weighted by atomic mass is 9.73. The van der Waals surface area contributed by atoms with Gasteiger partial charge in [-0.1, -0.05) is 193 Å². The van der Waals surface area contributed by atoms with Crippen LogP contribution in [0.5, 0.6) is 46.0 Å². The van der Waals surface area contributed by atoms with Crippen LogP contribution in [0.1, 0.15) is 193 Å². The van der Waals surface area contributed by atoms with Crippen LogP contribution in [-0.4, -0.2) is 38.8 Å². The SMILES string of the molecule is CCCCCCCCOc1ccc(Nc2cccc(Oc3ccc(C(c4ccc(Oc5cccc(Nc6ccc(OCCCCCCCC)cc6)c5Nc5ccc(OCCCCCCCC)cc5)cc4)(C(F)(F)F)C(F)(F)F)cc3)c2Nc2ccc(OCCCCCCCC)cc2)cc1. The maximum atomic E-state index is 15.8. The highest BCUT2D eigenvalue weighted by Crippen LogP contribution is 2.57. The van der Waals surface area contributed by atoms with E-state index in [4.69, 9.17) is 28.4 Å². The molecule has 0 fully saturated rings. The fraction of sp³-hybridized carbons (Fsp3) is 0.422. The van der Waals surface area contributed by atoms with E-state index < -0.39 is 28.9 Å². The van der Waals surface area contributed by atoms with Crippen molar-refractivity contribution in [3.63, 3.8) is 0 Å². The molecule has 0 saturated heterocycles. The maximum Gasteiger partial charge on any atom is 0.411 e. The molecule has 4 N–H and O–H groups in total. The Hall–Kier alpha value is -8.66. The molecule has 0 amide bonds. The van der Waals surface area contributed by atoms with E-state index in [0.717, 1.165) is 123 Å². The predicted molar refractivity (Wildman–Crippen MR) is 393 cm³/mol. The zero-order valence-corrected chi connectivity index (χ0v) is 58.3. The summed E-state index contributed by atoms with van der Waals surface area (Å²) < 4.78 is 132. The molecule has 0 aromatic heterocycles. The molecular formula is C83H102F6N4O6. The molecule has 0 heterocycles. The van der Waals surface area contributed by atoms with Gasteiger partial charge in [-0.2, -0.15) is 26.3 Å². The first-order valence-corrected chi connectivity index (χ1v) is 36.2. The van der Waals surface area contributed by atoms with Gasteiger partial charge in [0.1, 0.15) is 45.9 Å². The average Bonchev–Trinajstić information content (AvgIpc) is 0.717. The Morgan fingerprint density at radius 1 is 0.263 bits per heavy atom. The van der Waals surface area contributed by atoms with E-state index >= 15 is 26.3 Å². The van der Waals surface area contributed by atoms with E-state index in [0.29, 0.717) is 72.1 Å². The van der Waals surface area contributed by atoms with Gasteiger partial charge in [0, 0.05) is 22.7 Å². The van der Waals surface area contributed by atoms with Crippen molar-refractivity contribution in [2.75, 3.05) is 47.7 Å². The number of nitrogens with one attached hydrogen (secondary N) is 4. The van der Waals surface area contributed by atoms with Crippen molar-refractivity contribution in [3.8, 4) is 46.0 Å². The van der Waals surface area contributed by atoms with Gasteiger partial charge in [0.15, 0.2) is 11.5 Å². The first kappa shape index (κ1) is 76.1. The van der Waals surface area contributed by atoms with Crippen LogP contribution < -0.4 is 49.7 Å². The van der Waals surface area contributed by atoms with Crippen molar-refractivity contribution in [2.24, 2.45) is 0 Å². The number of rotatable bonds is 46. The van der Waals surface area contributed by atoms with Crippen molar-refractivity contribution in [1.82, 2.24) is 0 Å². The van der Waals surface area contributed by atoms with Gasteiger partial charge < -0.3 is 49.7 Å². The molecule has 8 aromatic rings. The molecule has 0 aliphatic heterocycles. The average molecular weight is 1370 g/mol. The molecule has 0 atom stereocenters. The van der Waals surface area contributed by atoms with Gasteiger partial charge in [-0.3, -0.25) is 0 Å². The monoisotopic (exact) mass is 1360 g/mol. The zero-order chi connectivity index (χ0) is 70.0. The normalized spacial score (nSPS) is 11.7. The Kier molecular flexibility index (Phi) is 31.1. The fourth-order valence-corrected chi connectivity index (χ4v) is 11.9. The lowest BCUT2D eigenvalue weighted by Crippen LogP contribution is -2.54. The minimum Gasteiger partial charge on any atom is -0.494 e. The summed E-state index contributed by atoms with van der Waals surface area (Å²) in [6.07, 6.45) is 15.7. The molecule has 99 heavy (non-hydrogen) atoms. The molecule has 8 aromatic carbocycles. The third-order valence-electron chi connectivity index (χ3n) is 17.5. The highest BCUT2D eigenvalue weighted by molar-refractivity contribution is 5.85. The molecular weight excluding hydrogens is 1260 g/mol. The lowest BCUT2D eigenvalue weighted by Gasteiger charge is -2.38. The van der Waals surface area contributed by atoms with Crippen LogP contribution in [0.25, 0.3) is 0 Å². The predicted octanol–water partition coefficient (Wildman–Crippen LogP) is 26.6. The van der Waals surface area contributed by atoms with E-state index in [1.54, 1.807) is 24.3 Å². The van der Waals surface area contributed by atoms with Crippen LogP contribution in [0.2, 0.25) is 0 Å². The van der Waals surface area contributed by atoms with Gasteiger partial charge in [0.25, 0.3) is 0 Å². The Labute approximate surface area is 583 Å². The molecule has 0 spiro atoms. The van der Waals surface area contributed by atoms with Gasteiger partial charge >= 0.3 is 12.4 Å². The van der Waals surface area contributed by atoms with Crippen LogP contribution in [0, 0.1) is 0 Å². The summed E-state index contributed by atoms with van der Waals surface area (Å²) in [5.41, 5.74) is -1.74. The second kappa shape index (κ2) is 40.4. The van der Waals surface area contributed by atoms with Gasteiger partial charge in [0.2, 0.25) is 5.41 Å². The first-order chi connectivity index (χ1) is 48.2. The third-order valence-corrected chi connectivity index (χ3v) is 17.5. The molecule has 0 saturated carbocycles. The Morgan fingerprint density at radius 3 is 0.768 bits per heavy atom. The maximum absolute atomic E-state index is 15.8. The van der Waals surface area contributed by atoms with Crippen molar-refractivity contribution < 1.29 is 54.8 Å². The largest absolute Gasteiger partial charge is 0.494 e. The van der Waals surface area contributed by atoms with E-state index in [1.807, 2.05) is 109 Å². The molecule has 0 radical (unpaired) electrons. The van der Waals surface area contributed by atoms with Crippen LogP contribution in [0.15, 0.2) is 182 Å². The summed E-state index contributed by atoms with van der Waals surface area (Å²) in [6, 6.07) is 48.3. The number of para-hydroxylation sites is 2. The summed E-state index contributed by atoms with van der Waals surface area (Å²) in [6.45, 7) is 11.2. The van der Waals surface area contributed by atoms with Crippen molar-refractivity contribution >= 4 is 45.5 Å². The number of hydrogen-bond donors (Lipinski definition) is 4. The molecule has 8 rings (SSSR count). The van der Waals surface area contributed by atoms with Crippen LogP contribution in [0.4, 0.5) is 71.8 Å². The zero-order valence-electron chi connectivity index (χ0n) is 58.3. The van der Waals surface area contributed by atoms with E-state index in [9.17, 15) is 0 Å². The molecule has 0 bridgehead atoms. The van der Waals surface area contributed by atoms with Crippen molar-refractivity contribution in [1.29, 1.82) is 0 Å². The van der Waals surface area contributed by atoms with Gasteiger partial charge in [-0.15, -0.1) is 0 Å². The van der Waals surface area contributed by atoms with Crippen LogP contribution >= 0.6 is 0 Å². The molecule has 10 nitrogen and oxygen atoms in total. The summed E-state index contributed by atoms with van der Waals surface area (Å²) in [4.78, 5) is 0. The van der Waals surface area contributed by atoms with Crippen molar-refractivity contribution in [2.45, 2.75) is 200 Å². The van der Waals surface area contributed by atoms with E-state index in [1.165, 1.54) is 103 Å². The summed E-state index contributed by atoms with van der Waals surface area (Å²) in [5, 5.41) is 13.8. The quantitative estimate of drug-likeness (QED) is 0.0218. The Morgan fingerprint density at radius 2 is 0.505 bits per heavy atom. The standard InChI is InChI=1S/C83H102F6N4O6/c1-5-9-13-17-21-25-59-94-69-51-39-65(40-52-69)90-75-31-29-33-77(79(75)92-67-43-55-71(56-44-67)96-61-27-23-19-15-11-7-3)98-73-47-35-63(36-48-73)81(82(84,85)86,83(87,88)89)64-37-49-74(50-38-64)99-78-34-30-32-76(91-66-41-53-70(54-42-66)95-60-26-22-18-14-10-6-2)80(78)93-68-45-57-72(58-46-68)97-62-28-24-20-16-12-8-4/h29-58,90-93H,5-28,59-62H2,1-4H3. The summed E-state index contributed by atoms with van der Waals surface area (Å²) in [7, 11) is 0. The summed E-state index contributed by atoms with van der Waals surface area (Å²) in [5.74, 6) is 3.33. The molecule has 0 unspecified atom stereocenters. The molecule has 0 aliphatic carbocycles. The smallest absolute Gasteiger partial charge is 0.411 e. The van der Waals surface area contributed by atoms with E-state index in [2.05, 4.69) is 49.0 Å². The topological polar surface area (TPSA) is 104 Å². The number of benzene rings is 8. The highest BCUT2D eigenvalue weighted by atomic mass is 19.4. The summed E-state index contributed by atoms with van der Waals surface area (Å²) >= 11 is 0. The molecule has 532 valence electrons. The van der Waals surface area contributed by atoms with Crippen LogP contribution in [0.3, 0.4) is 0 Å². The molecule has 0 aliphatic rings. The van der Waals surface area contributed by atoms with Crippen LogP contribution in [-0.2, 0) is 5.41 Å². The second-order valence-corrected chi connectivity index (χ2v) is 25.4. The number of unbranched alkanes of at least 4 members (excludes halogenated alkanes) is 20. The number of alkyl halides is 6. The first-order valence-electron chi connectivity index (χ1n) is 36.2. The van der Waals surface area contributed by atoms with Gasteiger partial charge in [0.05, 0.1) is 37.8 Å². The molecule has 16 heteroatoms. The Bertz CT molecular complexity index is 3320. The van der Waals surface area contributed by atoms with Gasteiger partial charge in [-0.05, 0) is 182 Å². The Balaban J connectivity index is 1.03. The fourth-order valence-electron chi connectivity index (χ4n) is 11.9. The minimum absolute atomic E-state index is 0.00926. The van der Waals surface area contributed by atoms with E-state index in [-0.39, 0.29) is 23.0 Å². The minimum atomic E-state index is -5.87. The van der Waals surface area contributed by atoms with Gasteiger partial charge in [-0.25, -0.2) is 0 Å². The lowest BCUT2D eigenvalue weighted by molar-refractivity contribution is -0.288. The number of hydrogen-bond acceptors (Lipinski definition) is 10. The number of anilines is 8. The number of ether oxygens (including phenoxy) is 6. The second-order valence-electron chi connectivity index (χ2n) is 25.4. The van der Waals surface area contributed by atoms with Crippen molar-refractivity contribution in [3.05, 3.63) is 193 Å². The third kappa shape index (κ3) is 23.8.